The monoisotopic (exact) mass is 417 g/mol. The van der Waals surface area contributed by atoms with Gasteiger partial charge in [-0.3, -0.25) is 4.79 Å². The Morgan fingerprint density at radius 3 is 1.84 bits per heavy atom. The van der Waals surface area contributed by atoms with Crippen LogP contribution in [-0.2, 0) is 13.2 Å². The van der Waals surface area contributed by atoms with Gasteiger partial charge in [0.15, 0.2) is 17.3 Å². The van der Waals surface area contributed by atoms with Crippen LogP contribution in [0.3, 0.4) is 0 Å². The molecule has 0 aliphatic heterocycles. The number of rotatable bonds is 9. The zero-order chi connectivity index (χ0) is 22.3. The molecule has 0 saturated carbocycles. The molecule has 0 aliphatic carbocycles. The van der Waals surface area contributed by atoms with E-state index in [9.17, 15) is 4.79 Å². The van der Waals surface area contributed by atoms with Crippen LogP contribution in [0.4, 0.5) is 0 Å². The fraction of sp³-hybridized carbons (Fsp3) is 0.296. The van der Waals surface area contributed by atoms with E-state index in [0.717, 1.165) is 11.1 Å². The van der Waals surface area contributed by atoms with E-state index in [1.807, 2.05) is 94.4 Å². The van der Waals surface area contributed by atoms with Gasteiger partial charge in [0.05, 0.1) is 6.04 Å². The maximum absolute atomic E-state index is 13.0. The van der Waals surface area contributed by atoms with Gasteiger partial charge in [0.1, 0.15) is 13.2 Å². The number of carbonyl (C=O) groups excluding carboxylic acids is 1. The van der Waals surface area contributed by atoms with E-state index in [4.69, 9.17) is 9.47 Å². The molecule has 162 valence electrons. The fourth-order valence-corrected chi connectivity index (χ4v) is 3.33. The van der Waals surface area contributed by atoms with Crippen LogP contribution in [-0.4, -0.2) is 17.4 Å². The molecule has 0 spiro atoms. The van der Waals surface area contributed by atoms with Crippen molar-refractivity contribution < 1.29 is 14.3 Å². The Kier molecular flexibility index (Phi) is 7.48. The Labute approximate surface area is 185 Å². The molecule has 1 atom stereocenters. The molecule has 0 aromatic heterocycles. The third-order valence-electron chi connectivity index (χ3n) is 4.75. The second-order valence-corrected chi connectivity index (χ2v) is 8.69. The lowest BCUT2D eigenvalue weighted by Crippen LogP contribution is -2.46. The minimum absolute atomic E-state index is 0.0223. The quantitative estimate of drug-likeness (QED) is 0.447. The lowest BCUT2D eigenvalue weighted by molar-refractivity contribution is 0.0935. The van der Waals surface area contributed by atoms with Crippen LogP contribution in [0, 0.1) is 0 Å². The van der Waals surface area contributed by atoms with Gasteiger partial charge in [-0.05, 0) is 57.0 Å². The van der Waals surface area contributed by atoms with Crippen molar-refractivity contribution in [1.29, 1.82) is 0 Å². The van der Waals surface area contributed by atoms with Crippen molar-refractivity contribution in [3.63, 3.8) is 0 Å². The summed E-state index contributed by atoms with van der Waals surface area (Å²) in [4.78, 5) is 13.0. The van der Waals surface area contributed by atoms with Crippen LogP contribution in [0.15, 0.2) is 78.9 Å². The molecule has 1 unspecified atom stereocenters. The molecular formula is C27H31NO3. The second kappa shape index (κ2) is 10.3. The molecule has 0 radical (unpaired) electrons. The van der Waals surface area contributed by atoms with Crippen LogP contribution in [0.5, 0.6) is 11.5 Å². The summed E-state index contributed by atoms with van der Waals surface area (Å²) < 4.78 is 12.1. The van der Waals surface area contributed by atoms with Crippen molar-refractivity contribution in [3.05, 3.63) is 95.6 Å². The predicted octanol–water partition coefficient (Wildman–Crippen LogP) is 5.80. The Hall–Kier alpha value is -3.11. The van der Waals surface area contributed by atoms with Gasteiger partial charge >= 0.3 is 0 Å². The third kappa shape index (κ3) is 6.97. The Morgan fingerprint density at radius 1 is 0.806 bits per heavy atom. The highest BCUT2D eigenvalue weighted by Gasteiger charge is 2.22. The van der Waals surface area contributed by atoms with Crippen LogP contribution >= 0.6 is 0 Å². The molecule has 0 aliphatic rings. The summed E-state index contributed by atoms with van der Waals surface area (Å²) in [6.07, 6.45) is 0. The number of carbonyl (C=O) groups is 1. The molecule has 0 amide bonds. The zero-order valence-electron chi connectivity index (χ0n) is 18.7. The highest BCUT2D eigenvalue weighted by atomic mass is 16.5. The summed E-state index contributed by atoms with van der Waals surface area (Å²) in [6.45, 7) is 8.86. The molecule has 3 rings (SSSR count). The number of ketones is 1. The van der Waals surface area contributed by atoms with Crippen molar-refractivity contribution in [2.75, 3.05) is 0 Å². The normalized spacial score (nSPS) is 12.3. The van der Waals surface area contributed by atoms with Gasteiger partial charge in [0.25, 0.3) is 0 Å². The van der Waals surface area contributed by atoms with E-state index < -0.39 is 0 Å². The molecule has 3 aromatic rings. The lowest BCUT2D eigenvalue weighted by Gasteiger charge is -2.25. The third-order valence-corrected chi connectivity index (χ3v) is 4.75. The largest absolute Gasteiger partial charge is 0.485 e. The van der Waals surface area contributed by atoms with Gasteiger partial charge in [-0.1, -0.05) is 60.7 Å². The van der Waals surface area contributed by atoms with Gasteiger partial charge in [0, 0.05) is 11.1 Å². The van der Waals surface area contributed by atoms with Gasteiger partial charge in [0.2, 0.25) is 0 Å². The molecule has 0 heterocycles. The van der Waals surface area contributed by atoms with Crippen molar-refractivity contribution in [3.8, 4) is 11.5 Å². The van der Waals surface area contributed by atoms with Gasteiger partial charge in [-0.25, -0.2) is 0 Å². The number of nitrogens with one attached hydrogen (secondary N) is 1. The Morgan fingerprint density at radius 2 is 1.32 bits per heavy atom. The number of hydrogen-bond donors (Lipinski definition) is 1. The van der Waals surface area contributed by atoms with Crippen molar-refractivity contribution >= 4 is 5.78 Å². The summed E-state index contributed by atoms with van der Waals surface area (Å²) in [7, 11) is 0. The molecule has 4 heteroatoms. The van der Waals surface area contributed by atoms with E-state index in [-0.39, 0.29) is 17.4 Å². The average molecular weight is 418 g/mol. The van der Waals surface area contributed by atoms with Gasteiger partial charge < -0.3 is 14.8 Å². The van der Waals surface area contributed by atoms with Crippen LogP contribution in [0.1, 0.15) is 49.2 Å². The van der Waals surface area contributed by atoms with Crippen LogP contribution < -0.4 is 14.8 Å². The molecular weight excluding hydrogens is 386 g/mol. The molecule has 3 aromatic carbocycles. The number of hydrogen-bond acceptors (Lipinski definition) is 4. The standard InChI is InChI=1S/C27H31NO3/c1-20(28-27(2,3)4)26(29)23-15-16-24(30-18-21-11-7-5-8-12-21)25(17-23)31-19-22-13-9-6-10-14-22/h5-17,20,28H,18-19H2,1-4H3. The number of Topliss-reactive ketones (excluding diaryl/α,β-unsaturated/α-hetero) is 1. The summed E-state index contributed by atoms with van der Waals surface area (Å²) in [6, 6.07) is 25.0. The Bertz CT molecular complexity index is 978. The minimum Gasteiger partial charge on any atom is -0.485 e. The summed E-state index contributed by atoms with van der Waals surface area (Å²) in [5.41, 5.74) is 2.57. The van der Waals surface area contributed by atoms with Crippen LogP contribution in [0.25, 0.3) is 0 Å². The fourth-order valence-electron chi connectivity index (χ4n) is 3.33. The number of benzene rings is 3. The summed E-state index contributed by atoms with van der Waals surface area (Å²) in [5, 5.41) is 3.33. The van der Waals surface area contributed by atoms with E-state index in [1.54, 1.807) is 12.1 Å². The first kappa shape index (κ1) is 22.6. The summed E-state index contributed by atoms with van der Waals surface area (Å²) >= 11 is 0. The van der Waals surface area contributed by atoms with Gasteiger partial charge in [-0.2, -0.15) is 0 Å². The predicted molar refractivity (Wildman–Crippen MR) is 125 cm³/mol. The molecule has 4 nitrogen and oxygen atoms in total. The second-order valence-electron chi connectivity index (χ2n) is 8.69. The van der Waals surface area contributed by atoms with E-state index in [2.05, 4.69) is 5.32 Å². The first-order chi connectivity index (χ1) is 14.8. The molecule has 0 saturated heterocycles. The molecule has 1 N–H and O–H groups in total. The Balaban J connectivity index is 1.80. The van der Waals surface area contributed by atoms with Crippen molar-refractivity contribution in [2.45, 2.75) is 52.5 Å². The first-order valence-electron chi connectivity index (χ1n) is 10.6. The zero-order valence-corrected chi connectivity index (χ0v) is 18.7. The molecule has 0 bridgehead atoms. The van der Waals surface area contributed by atoms with Gasteiger partial charge in [-0.15, -0.1) is 0 Å². The molecule has 31 heavy (non-hydrogen) atoms. The van der Waals surface area contributed by atoms with E-state index >= 15 is 0 Å². The highest BCUT2D eigenvalue weighted by molar-refractivity contribution is 6.00. The number of ether oxygens (including phenoxy) is 2. The molecule has 0 fully saturated rings. The maximum atomic E-state index is 13.0. The summed E-state index contributed by atoms with van der Waals surface area (Å²) in [5.74, 6) is 1.20. The smallest absolute Gasteiger partial charge is 0.179 e. The first-order valence-corrected chi connectivity index (χ1v) is 10.6. The SMILES string of the molecule is CC(NC(C)(C)C)C(=O)c1ccc(OCc2ccccc2)c(OCc2ccccc2)c1. The topological polar surface area (TPSA) is 47.6 Å². The highest BCUT2D eigenvalue weighted by Crippen LogP contribution is 2.30. The maximum Gasteiger partial charge on any atom is 0.179 e. The minimum atomic E-state index is -0.307. The van der Waals surface area contributed by atoms with E-state index in [0.29, 0.717) is 30.3 Å². The lowest BCUT2D eigenvalue weighted by atomic mass is 10.0. The van der Waals surface area contributed by atoms with Crippen molar-refractivity contribution in [2.24, 2.45) is 0 Å². The van der Waals surface area contributed by atoms with Crippen LogP contribution in [0.2, 0.25) is 0 Å². The van der Waals surface area contributed by atoms with E-state index in [1.165, 1.54) is 0 Å². The average Bonchev–Trinajstić information content (AvgIpc) is 2.76. The van der Waals surface area contributed by atoms with Crippen molar-refractivity contribution in [1.82, 2.24) is 5.32 Å².